The number of anilines is 1. The predicted molar refractivity (Wildman–Crippen MR) is 64.0 cm³/mol. The molecule has 4 heteroatoms. The van der Waals surface area contributed by atoms with Gasteiger partial charge in [-0.3, -0.25) is 0 Å². The molecular formula is C12H15ClN2O. The Kier molecular flexibility index (Phi) is 2.74. The number of ether oxygens (including phenoxy) is 1. The molecule has 3 rings (SSSR count). The molecular weight excluding hydrogens is 224 g/mol. The lowest BCUT2D eigenvalue weighted by atomic mass is 10.1. The van der Waals surface area contributed by atoms with Crippen LogP contribution in [0.25, 0.3) is 0 Å². The maximum atomic E-state index is 5.94. The van der Waals surface area contributed by atoms with Crippen molar-refractivity contribution >= 4 is 17.4 Å². The molecule has 1 aliphatic heterocycles. The van der Waals surface area contributed by atoms with Crippen molar-refractivity contribution in [2.45, 2.75) is 31.4 Å². The van der Waals surface area contributed by atoms with Crippen molar-refractivity contribution in [2.24, 2.45) is 0 Å². The molecule has 0 N–H and O–H groups in total. The van der Waals surface area contributed by atoms with Crippen molar-refractivity contribution in [3.05, 3.63) is 23.4 Å². The molecule has 1 aliphatic carbocycles. The minimum absolute atomic E-state index is 0.398. The molecule has 0 aromatic carbocycles. The lowest BCUT2D eigenvalue weighted by Gasteiger charge is -2.38. The SMILES string of the molecule is Clc1cccc(N2CCOC3CCCC32)n1. The van der Waals surface area contributed by atoms with E-state index in [1.165, 1.54) is 19.3 Å². The summed E-state index contributed by atoms with van der Waals surface area (Å²) in [5, 5.41) is 0.568. The number of rotatable bonds is 1. The summed E-state index contributed by atoms with van der Waals surface area (Å²) in [6.45, 7) is 1.73. The van der Waals surface area contributed by atoms with Gasteiger partial charge in [0.15, 0.2) is 0 Å². The summed E-state index contributed by atoms with van der Waals surface area (Å²) in [4.78, 5) is 6.75. The van der Waals surface area contributed by atoms with Gasteiger partial charge in [-0.25, -0.2) is 4.98 Å². The van der Waals surface area contributed by atoms with Crippen LogP contribution in [0.15, 0.2) is 18.2 Å². The third kappa shape index (κ3) is 1.78. The highest BCUT2D eigenvalue weighted by Gasteiger charge is 2.36. The molecule has 2 aliphatic rings. The van der Waals surface area contributed by atoms with E-state index in [2.05, 4.69) is 9.88 Å². The van der Waals surface area contributed by atoms with E-state index >= 15 is 0 Å². The zero-order valence-corrected chi connectivity index (χ0v) is 9.86. The van der Waals surface area contributed by atoms with E-state index < -0.39 is 0 Å². The normalized spacial score (nSPS) is 29.2. The van der Waals surface area contributed by atoms with E-state index in [1.54, 1.807) is 0 Å². The highest BCUT2D eigenvalue weighted by atomic mass is 35.5. The van der Waals surface area contributed by atoms with Crippen LogP contribution in [0.5, 0.6) is 0 Å². The molecule has 16 heavy (non-hydrogen) atoms. The van der Waals surface area contributed by atoms with Gasteiger partial charge >= 0.3 is 0 Å². The Hall–Kier alpha value is -0.800. The molecule has 0 bridgehead atoms. The first-order valence-corrected chi connectivity index (χ1v) is 6.23. The van der Waals surface area contributed by atoms with Crippen LogP contribution >= 0.6 is 11.6 Å². The molecule has 0 radical (unpaired) electrons. The van der Waals surface area contributed by atoms with Crippen molar-refractivity contribution in [1.82, 2.24) is 4.98 Å². The van der Waals surface area contributed by atoms with Gasteiger partial charge in [0, 0.05) is 6.54 Å². The van der Waals surface area contributed by atoms with E-state index in [0.717, 1.165) is 19.0 Å². The maximum Gasteiger partial charge on any atom is 0.131 e. The van der Waals surface area contributed by atoms with Gasteiger partial charge in [0.05, 0.1) is 18.8 Å². The van der Waals surface area contributed by atoms with Crippen LogP contribution in [0.2, 0.25) is 5.15 Å². The summed E-state index contributed by atoms with van der Waals surface area (Å²) < 4.78 is 5.78. The second-order valence-electron chi connectivity index (χ2n) is 4.42. The fourth-order valence-corrected chi connectivity index (χ4v) is 2.93. The third-order valence-corrected chi connectivity index (χ3v) is 3.69. The van der Waals surface area contributed by atoms with Crippen LogP contribution in [0, 0.1) is 0 Å². The monoisotopic (exact) mass is 238 g/mol. The Labute approximate surface area is 100 Å². The Morgan fingerprint density at radius 3 is 3.19 bits per heavy atom. The third-order valence-electron chi connectivity index (χ3n) is 3.48. The number of aromatic nitrogens is 1. The predicted octanol–water partition coefficient (Wildman–Crippen LogP) is 2.49. The summed E-state index contributed by atoms with van der Waals surface area (Å²) in [6.07, 6.45) is 4.04. The number of hydrogen-bond donors (Lipinski definition) is 0. The average Bonchev–Trinajstić information content (AvgIpc) is 2.76. The van der Waals surface area contributed by atoms with E-state index in [1.807, 2.05) is 18.2 Å². The van der Waals surface area contributed by atoms with E-state index in [-0.39, 0.29) is 0 Å². The van der Waals surface area contributed by atoms with Crippen LogP contribution in [0.3, 0.4) is 0 Å². The molecule has 2 heterocycles. The first-order valence-electron chi connectivity index (χ1n) is 5.85. The maximum absolute atomic E-state index is 5.94. The summed E-state index contributed by atoms with van der Waals surface area (Å²) in [6, 6.07) is 6.31. The quantitative estimate of drug-likeness (QED) is 0.703. The van der Waals surface area contributed by atoms with E-state index in [4.69, 9.17) is 16.3 Å². The smallest absolute Gasteiger partial charge is 0.131 e. The Balaban J connectivity index is 1.88. The van der Waals surface area contributed by atoms with Gasteiger partial charge in [-0.05, 0) is 31.4 Å². The number of halogens is 1. The van der Waals surface area contributed by atoms with Crippen molar-refractivity contribution in [1.29, 1.82) is 0 Å². The van der Waals surface area contributed by atoms with Crippen LogP contribution in [0.1, 0.15) is 19.3 Å². The number of hydrogen-bond acceptors (Lipinski definition) is 3. The molecule has 2 unspecified atom stereocenters. The second kappa shape index (κ2) is 4.22. The molecule has 1 aromatic heterocycles. The zero-order chi connectivity index (χ0) is 11.0. The zero-order valence-electron chi connectivity index (χ0n) is 9.10. The Bertz CT molecular complexity index is 385. The first-order chi connectivity index (χ1) is 7.84. The van der Waals surface area contributed by atoms with Gasteiger partial charge in [-0.2, -0.15) is 0 Å². The number of pyridine rings is 1. The van der Waals surface area contributed by atoms with Gasteiger partial charge < -0.3 is 9.64 Å². The van der Waals surface area contributed by atoms with Crippen molar-refractivity contribution in [3.63, 3.8) is 0 Å². The van der Waals surface area contributed by atoms with Gasteiger partial charge in [0.25, 0.3) is 0 Å². The van der Waals surface area contributed by atoms with Gasteiger partial charge in [0.2, 0.25) is 0 Å². The summed E-state index contributed by atoms with van der Waals surface area (Å²) in [5.41, 5.74) is 0. The fraction of sp³-hybridized carbons (Fsp3) is 0.583. The molecule has 3 nitrogen and oxygen atoms in total. The van der Waals surface area contributed by atoms with Crippen molar-refractivity contribution in [3.8, 4) is 0 Å². The minimum atomic E-state index is 0.398. The van der Waals surface area contributed by atoms with Crippen LogP contribution < -0.4 is 4.90 Å². The van der Waals surface area contributed by atoms with Gasteiger partial charge in [-0.1, -0.05) is 17.7 Å². The lowest BCUT2D eigenvalue weighted by molar-refractivity contribution is 0.0253. The van der Waals surface area contributed by atoms with Crippen molar-refractivity contribution in [2.75, 3.05) is 18.1 Å². The molecule has 86 valence electrons. The topological polar surface area (TPSA) is 25.4 Å². The average molecular weight is 239 g/mol. The second-order valence-corrected chi connectivity index (χ2v) is 4.81. The molecule has 2 fully saturated rings. The van der Waals surface area contributed by atoms with E-state index in [0.29, 0.717) is 17.3 Å². The Morgan fingerprint density at radius 2 is 2.31 bits per heavy atom. The Morgan fingerprint density at radius 1 is 1.38 bits per heavy atom. The highest BCUT2D eigenvalue weighted by molar-refractivity contribution is 6.29. The largest absolute Gasteiger partial charge is 0.374 e. The summed E-state index contributed by atoms with van der Waals surface area (Å²) in [7, 11) is 0. The molecule has 1 aromatic rings. The van der Waals surface area contributed by atoms with E-state index in [9.17, 15) is 0 Å². The van der Waals surface area contributed by atoms with Crippen LogP contribution in [-0.2, 0) is 4.74 Å². The minimum Gasteiger partial charge on any atom is -0.374 e. The fourth-order valence-electron chi connectivity index (χ4n) is 2.77. The summed E-state index contributed by atoms with van der Waals surface area (Å²) in [5.74, 6) is 0.993. The number of nitrogens with zero attached hydrogens (tertiary/aromatic N) is 2. The lowest BCUT2D eigenvalue weighted by Crippen LogP contribution is -2.49. The van der Waals surface area contributed by atoms with Crippen LogP contribution in [-0.4, -0.2) is 30.3 Å². The van der Waals surface area contributed by atoms with Gasteiger partial charge in [0.1, 0.15) is 11.0 Å². The molecule has 0 amide bonds. The number of fused-ring (bicyclic) bond motifs is 1. The van der Waals surface area contributed by atoms with Crippen molar-refractivity contribution < 1.29 is 4.74 Å². The number of morpholine rings is 1. The first kappa shape index (κ1) is 10.4. The molecule has 2 atom stereocenters. The summed E-state index contributed by atoms with van der Waals surface area (Å²) >= 11 is 5.94. The van der Waals surface area contributed by atoms with Gasteiger partial charge in [-0.15, -0.1) is 0 Å². The highest BCUT2D eigenvalue weighted by Crippen LogP contribution is 2.32. The molecule has 0 spiro atoms. The van der Waals surface area contributed by atoms with Crippen LogP contribution in [0.4, 0.5) is 5.82 Å². The standard InChI is InChI=1S/C12H15ClN2O/c13-11-5-2-6-12(14-11)15-7-8-16-10-4-1-3-9(10)15/h2,5-6,9-10H,1,3-4,7-8H2. The molecule has 1 saturated heterocycles. The molecule has 1 saturated carbocycles.